The van der Waals surface area contributed by atoms with Crippen LogP contribution in [0.15, 0.2) is 18.7 Å². The number of carbonyl (C=O) groups is 1. The van der Waals surface area contributed by atoms with E-state index in [1.54, 1.807) is 6.07 Å². The standard InChI is InChI=1S/C16H18F3NO4/c1-5-11-10-8-12(22-2)14(24-4)13(23-3)9(10)6-7-20(11)15(21)16(17,18)19/h5,8,11H,1,6-7H2,2-4H3. The summed E-state index contributed by atoms with van der Waals surface area (Å²) in [6.45, 7) is 3.47. The fourth-order valence-corrected chi connectivity index (χ4v) is 2.94. The van der Waals surface area contributed by atoms with Gasteiger partial charge in [0.15, 0.2) is 11.5 Å². The van der Waals surface area contributed by atoms with Crippen LogP contribution in [-0.4, -0.2) is 44.9 Å². The quantitative estimate of drug-likeness (QED) is 0.788. The molecule has 1 unspecified atom stereocenters. The number of ether oxygens (including phenoxy) is 3. The van der Waals surface area contributed by atoms with Gasteiger partial charge in [-0.05, 0) is 18.1 Å². The second-order valence-corrected chi connectivity index (χ2v) is 5.14. The van der Waals surface area contributed by atoms with Crippen LogP contribution in [0, 0.1) is 0 Å². The van der Waals surface area contributed by atoms with Crippen LogP contribution in [0.25, 0.3) is 0 Å². The molecular formula is C16H18F3NO4. The first-order chi connectivity index (χ1) is 11.3. The second kappa shape index (κ2) is 6.62. The molecular weight excluding hydrogens is 327 g/mol. The monoisotopic (exact) mass is 345 g/mol. The number of carbonyl (C=O) groups excluding carboxylic acids is 1. The lowest BCUT2D eigenvalue weighted by Gasteiger charge is -2.37. The summed E-state index contributed by atoms with van der Waals surface area (Å²) < 4.78 is 54.4. The van der Waals surface area contributed by atoms with Crippen LogP contribution in [0.2, 0.25) is 0 Å². The van der Waals surface area contributed by atoms with Crippen molar-refractivity contribution in [2.75, 3.05) is 27.9 Å². The van der Waals surface area contributed by atoms with Gasteiger partial charge in [0.1, 0.15) is 0 Å². The van der Waals surface area contributed by atoms with Crippen LogP contribution in [-0.2, 0) is 11.2 Å². The summed E-state index contributed by atoms with van der Waals surface area (Å²) in [7, 11) is 4.29. The summed E-state index contributed by atoms with van der Waals surface area (Å²) in [4.78, 5) is 12.4. The second-order valence-electron chi connectivity index (χ2n) is 5.14. The van der Waals surface area contributed by atoms with Crippen molar-refractivity contribution >= 4 is 5.91 Å². The van der Waals surface area contributed by atoms with Crippen molar-refractivity contribution in [3.8, 4) is 17.2 Å². The number of nitrogens with zero attached hydrogens (tertiary/aromatic N) is 1. The first-order valence-electron chi connectivity index (χ1n) is 7.12. The number of fused-ring (bicyclic) bond motifs is 1. The molecule has 0 saturated carbocycles. The van der Waals surface area contributed by atoms with E-state index in [0.717, 1.165) is 4.90 Å². The summed E-state index contributed by atoms with van der Waals surface area (Å²) in [6.07, 6.45) is -3.45. The van der Waals surface area contributed by atoms with Gasteiger partial charge in [-0.3, -0.25) is 4.79 Å². The molecule has 5 nitrogen and oxygen atoms in total. The van der Waals surface area contributed by atoms with Crippen LogP contribution in [0.3, 0.4) is 0 Å². The molecule has 24 heavy (non-hydrogen) atoms. The Morgan fingerprint density at radius 2 is 1.88 bits per heavy atom. The molecule has 0 bridgehead atoms. The van der Waals surface area contributed by atoms with Crippen molar-refractivity contribution in [2.24, 2.45) is 0 Å². The molecule has 0 aromatic heterocycles. The molecule has 1 heterocycles. The fourth-order valence-electron chi connectivity index (χ4n) is 2.94. The van der Waals surface area contributed by atoms with Gasteiger partial charge in [0.05, 0.1) is 27.4 Å². The van der Waals surface area contributed by atoms with E-state index in [0.29, 0.717) is 28.4 Å². The van der Waals surface area contributed by atoms with Gasteiger partial charge >= 0.3 is 12.1 Å². The third-order valence-corrected chi connectivity index (χ3v) is 3.95. The summed E-state index contributed by atoms with van der Waals surface area (Å²) in [6, 6.07) is 0.621. The number of benzene rings is 1. The number of methoxy groups -OCH3 is 3. The van der Waals surface area contributed by atoms with Crippen LogP contribution < -0.4 is 14.2 Å². The van der Waals surface area contributed by atoms with Crippen molar-refractivity contribution < 1.29 is 32.2 Å². The van der Waals surface area contributed by atoms with Gasteiger partial charge in [0.2, 0.25) is 5.75 Å². The van der Waals surface area contributed by atoms with E-state index in [1.165, 1.54) is 27.4 Å². The molecule has 1 aromatic carbocycles. The highest BCUT2D eigenvalue weighted by Crippen LogP contribution is 2.47. The normalized spacial score (nSPS) is 17.1. The summed E-state index contributed by atoms with van der Waals surface area (Å²) >= 11 is 0. The minimum Gasteiger partial charge on any atom is -0.493 e. The highest BCUT2D eigenvalue weighted by molar-refractivity contribution is 5.83. The van der Waals surface area contributed by atoms with E-state index in [4.69, 9.17) is 14.2 Å². The van der Waals surface area contributed by atoms with Gasteiger partial charge in [-0.2, -0.15) is 13.2 Å². The summed E-state index contributed by atoms with van der Waals surface area (Å²) in [5.74, 6) is -0.844. The molecule has 1 aliphatic heterocycles. The Kier molecular flexibility index (Phi) is 4.96. The molecule has 0 aliphatic carbocycles. The number of amides is 1. The Labute approximate surface area is 137 Å². The molecule has 132 valence electrons. The predicted octanol–water partition coefficient (Wildman–Crippen LogP) is 2.89. The van der Waals surface area contributed by atoms with Gasteiger partial charge < -0.3 is 19.1 Å². The first-order valence-corrected chi connectivity index (χ1v) is 7.12. The molecule has 0 spiro atoms. The average molecular weight is 345 g/mol. The summed E-state index contributed by atoms with van der Waals surface area (Å²) in [5, 5.41) is 0. The predicted molar refractivity (Wildman–Crippen MR) is 80.5 cm³/mol. The molecule has 0 N–H and O–H groups in total. The van der Waals surface area contributed by atoms with Crippen molar-refractivity contribution in [1.29, 1.82) is 0 Å². The zero-order valence-corrected chi connectivity index (χ0v) is 13.6. The van der Waals surface area contributed by atoms with Crippen LogP contribution in [0.5, 0.6) is 17.2 Å². The molecule has 0 fully saturated rings. The number of rotatable bonds is 4. The SMILES string of the molecule is C=CC1c2cc(OC)c(OC)c(OC)c2CCN1C(=O)C(F)(F)F. The third kappa shape index (κ3) is 2.88. The molecule has 8 heteroatoms. The third-order valence-electron chi connectivity index (χ3n) is 3.95. The van der Waals surface area contributed by atoms with E-state index in [1.807, 2.05) is 0 Å². The first kappa shape index (κ1) is 18.0. The summed E-state index contributed by atoms with van der Waals surface area (Å²) in [5.41, 5.74) is 1.15. The molecule has 1 aromatic rings. The lowest BCUT2D eigenvalue weighted by Crippen LogP contribution is -2.46. The Balaban J connectivity index is 2.61. The molecule has 1 aliphatic rings. The van der Waals surface area contributed by atoms with E-state index in [9.17, 15) is 18.0 Å². The van der Waals surface area contributed by atoms with Crippen molar-refractivity contribution in [2.45, 2.75) is 18.6 Å². The average Bonchev–Trinajstić information content (AvgIpc) is 2.56. The van der Waals surface area contributed by atoms with Crippen LogP contribution in [0.4, 0.5) is 13.2 Å². The Morgan fingerprint density at radius 3 is 2.33 bits per heavy atom. The lowest BCUT2D eigenvalue weighted by atomic mass is 9.90. The maximum atomic E-state index is 12.8. The van der Waals surface area contributed by atoms with Gasteiger partial charge in [0, 0.05) is 12.1 Å². The maximum Gasteiger partial charge on any atom is 0.471 e. The van der Waals surface area contributed by atoms with Gasteiger partial charge in [-0.1, -0.05) is 6.08 Å². The van der Waals surface area contributed by atoms with Gasteiger partial charge in [-0.25, -0.2) is 0 Å². The zero-order chi connectivity index (χ0) is 18.1. The smallest absolute Gasteiger partial charge is 0.471 e. The number of hydrogen-bond acceptors (Lipinski definition) is 4. The zero-order valence-electron chi connectivity index (χ0n) is 13.6. The van der Waals surface area contributed by atoms with Crippen LogP contribution in [0.1, 0.15) is 17.2 Å². The Hall–Kier alpha value is -2.38. The minimum atomic E-state index is -4.95. The molecule has 1 atom stereocenters. The highest BCUT2D eigenvalue weighted by atomic mass is 19.4. The van der Waals surface area contributed by atoms with Crippen LogP contribution >= 0.6 is 0 Å². The van der Waals surface area contributed by atoms with Gasteiger partial charge in [0.25, 0.3) is 0 Å². The molecule has 2 rings (SSSR count). The number of hydrogen-bond donors (Lipinski definition) is 0. The molecule has 0 radical (unpaired) electrons. The number of halogens is 3. The van der Waals surface area contributed by atoms with Crippen molar-refractivity contribution in [1.82, 2.24) is 4.90 Å². The van der Waals surface area contributed by atoms with E-state index >= 15 is 0 Å². The fraction of sp³-hybridized carbons (Fsp3) is 0.438. The molecule has 0 saturated heterocycles. The molecule has 1 amide bonds. The minimum absolute atomic E-state index is 0.103. The number of alkyl halides is 3. The van der Waals surface area contributed by atoms with Crippen molar-refractivity contribution in [3.63, 3.8) is 0 Å². The Morgan fingerprint density at radius 1 is 1.25 bits per heavy atom. The highest BCUT2D eigenvalue weighted by Gasteiger charge is 2.46. The van der Waals surface area contributed by atoms with Gasteiger partial charge in [-0.15, -0.1) is 6.58 Å². The topological polar surface area (TPSA) is 48.0 Å². The van der Waals surface area contributed by atoms with E-state index in [-0.39, 0.29) is 13.0 Å². The van der Waals surface area contributed by atoms with E-state index < -0.39 is 18.1 Å². The largest absolute Gasteiger partial charge is 0.493 e. The van der Waals surface area contributed by atoms with E-state index in [2.05, 4.69) is 6.58 Å². The maximum absolute atomic E-state index is 12.8. The van der Waals surface area contributed by atoms with Crippen molar-refractivity contribution in [3.05, 3.63) is 29.8 Å². The lowest BCUT2D eigenvalue weighted by molar-refractivity contribution is -0.187. The Bertz CT molecular complexity index is 658.